The second-order valence-corrected chi connectivity index (χ2v) is 15.4. The number of ether oxygens (including phenoxy) is 1. The van der Waals surface area contributed by atoms with Crippen LogP contribution in [-0.2, 0) is 18.1 Å². The van der Waals surface area contributed by atoms with E-state index < -0.39 is 8.07 Å². The normalized spacial score (nSPS) is 12.9. The van der Waals surface area contributed by atoms with E-state index in [1.165, 1.54) is 5.56 Å². The molecule has 0 radical (unpaired) electrons. The number of aliphatic hydroxyl groups is 1. The van der Waals surface area contributed by atoms with Crippen LogP contribution in [0.1, 0.15) is 29.7 Å². The first-order valence-corrected chi connectivity index (χ1v) is 15.2. The third kappa shape index (κ3) is 5.41. The van der Waals surface area contributed by atoms with Gasteiger partial charge in [-0.1, -0.05) is 81.2 Å². The van der Waals surface area contributed by atoms with Crippen LogP contribution in [0.3, 0.4) is 0 Å². The number of aliphatic hydroxyl groups excluding tert-OH is 1. The van der Waals surface area contributed by atoms with Crippen molar-refractivity contribution < 1.29 is 9.84 Å². The lowest BCUT2D eigenvalue weighted by atomic mass is 9.96. The molecule has 0 aliphatic carbocycles. The van der Waals surface area contributed by atoms with Crippen molar-refractivity contribution in [3.05, 3.63) is 83.8 Å². The molecule has 1 unspecified atom stereocenters. The van der Waals surface area contributed by atoms with Crippen molar-refractivity contribution in [2.75, 3.05) is 6.61 Å². The lowest BCUT2D eigenvalue weighted by molar-refractivity contribution is 0.0909. The van der Waals surface area contributed by atoms with Crippen molar-refractivity contribution in [3.63, 3.8) is 0 Å². The summed E-state index contributed by atoms with van der Waals surface area (Å²) in [4.78, 5) is 9.36. The molecule has 0 bridgehead atoms. The highest BCUT2D eigenvalue weighted by molar-refractivity contribution is 6.76. The van der Waals surface area contributed by atoms with Gasteiger partial charge in [0.15, 0.2) is 0 Å². The average Bonchev–Trinajstić information content (AvgIpc) is 3.20. The fraction of sp³-hybridized carbons (Fsp3) is 0.333. The lowest BCUT2D eigenvalue weighted by Crippen LogP contribution is -2.22. The summed E-state index contributed by atoms with van der Waals surface area (Å²) in [5.41, 5.74) is 6.13. The van der Waals surface area contributed by atoms with Gasteiger partial charge in [0.25, 0.3) is 0 Å². The van der Waals surface area contributed by atoms with Gasteiger partial charge < -0.3 is 14.4 Å². The molecule has 0 amide bonds. The van der Waals surface area contributed by atoms with Gasteiger partial charge in [0.05, 0.1) is 18.0 Å². The second kappa shape index (κ2) is 9.99. The SMILES string of the molecule is CC(c1ccccc1)c1ncnc2c1cc(-c1ccc(CO)cc1)n2COCC[Si](C)(C)C. The number of rotatable bonds is 9. The molecule has 2 aromatic carbocycles. The monoisotopic (exact) mass is 459 g/mol. The van der Waals surface area contributed by atoms with Crippen molar-refractivity contribution in [1.82, 2.24) is 14.5 Å². The second-order valence-electron chi connectivity index (χ2n) is 9.79. The van der Waals surface area contributed by atoms with E-state index in [4.69, 9.17) is 9.72 Å². The van der Waals surface area contributed by atoms with Gasteiger partial charge in [0.1, 0.15) is 18.7 Å². The van der Waals surface area contributed by atoms with Crippen LogP contribution < -0.4 is 0 Å². The van der Waals surface area contributed by atoms with Crippen LogP contribution in [0.5, 0.6) is 0 Å². The third-order valence-electron chi connectivity index (χ3n) is 6.08. The van der Waals surface area contributed by atoms with Crippen LogP contribution in [-0.4, -0.2) is 34.3 Å². The maximum atomic E-state index is 9.44. The summed E-state index contributed by atoms with van der Waals surface area (Å²) in [6.45, 7) is 10.5. The average molecular weight is 460 g/mol. The molecular formula is C27H33N3O2Si. The Morgan fingerprint density at radius 3 is 2.39 bits per heavy atom. The molecule has 2 aromatic heterocycles. The van der Waals surface area contributed by atoms with Crippen molar-refractivity contribution in [1.29, 1.82) is 0 Å². The zero-order valence-electron chi connectivity index (χ0n) is 20.0. The van der Waals surface area contributed by atoms with Crippen LogP contribution in [0, 0.1) is 0 Å². The number of aromatic nitrogens is 3. The van der Waals surface area contributed by atoms with E-state index in [0.717, 1.165) is 46.2 Å². The van der Waals surface area contributed by atoms with E-state index in [-0.39, 0.29) is 12.5 Å². The number of hydrogen-bond acceptors (Lipinski definition) is 4. The predicted molar refractivity (Wildman–Crippen MR) is 137 cm³/mol. The van der Waals surface area contributed by atoms with Crippen LogP contribution in [0.15, 0.2) is 67.0 Å². The molecule has 0 fully saturated rings. The molecule has 0 spiro atoms. The summed E-state index contributed by atoms with van der Waals surface area (Å²) >= 11 is 0. The molecule has 33 heavy (non-hydrogen) atoms. The molecule has 0 saturated carbocycles. The summed E-state index contributed by atoms with van der Waals surface area (Å²) < 4.78 is 8.30. The third-order valence-corrected chi connectivity index (χ3v) is 7.78. The van der Waals surface area contributed by atoms with Crippen LogP contribution in [0.25, 0.3) is 22.3 Å². The molecule has 4 rings (SSSR count). The Morgan fingerprint density at radius 2 is 1.73 bits per heavy atom. The first-order valence-electron chi connectivity index (χ1n) is 11.5. The quantitative estimate of drug-likeness (QED) is 0.244. The van der Waals surface area contributed by atoms with Gasteiger partial charge in [-0.05, 0) is 28.8 Å². The minimum atomic E-state index is -1.17. The van der Waals surface area contributed by atoms with Crippen LogP contribution in [0.2, 0.25) is 25.7 Å². The highest BCUT2D eigenvalue weighted by Gasteiger charge is 2.20. The van der Waals surface area contributed by atoms with E-state index in [9.17, 15) is 5.11 Å². The molecule has 1 atom stereocenters. The lowest BCUT2D eigenvalue weighted by Gasteiger charge is -2.17. The standard InChI is InChI=1S/C27H33N3O2Si/c1-20(22-8-6-5-7-9-22)26-24-16-25(23-12-10-21(17-31)11-13-23)30(27(24)29-18-28-26)19-32-14-15-33(2,3)4/h5-13,16,18,20,31H,14-15,17,19H2,1-4H3. The van der Waals surface area contributed by atoms with Gasteiger partial charge in [-0.3, -0.25) is 0 Å². The Hall–Kier alpha value is -2.80. The summed E-state index contributed by atoms with van der Waals surface area (Å²) in [6.07, 6.45) is 1.66. The number of nitrogens with zero attached hydrogens (tertiary/aromatic N) is 3. The van der Waals surface area contributed by atoms with E-state index in [0.29, 0.717) is 6.73 Å². The van der Waals surface area contributed by atoms with Gasteiger partial charge >= 0.3 is 0 Å². The zero-order valence-corrected chi connectivity index (χ0v) is 21.0. The molecule has 172 valence electrons. The maximum Gasteiger partial charge on any atom is 0.145 e. The first kappa shape index (κ1) is 23.4. The van der Waals surface area contributed by atoms with Gasteiger partial charge in [0, 0.05) is 26.0 Å². The Labute approximate surface area is 197 Å². The highest BCUT2D eigenvalue weighted by Crippen LogP contribution is 2.33. The highest BCUT2D eigenvalue weighted by atomic mass is 28.3. The summed E-state index contributed by atoms with van der Waals surface area (Å²) in [7, 11) is -1.17. The molecule has 4 aromatic rings. The van der Waals surface area contributed by atoms with Gasteiger partial charge in [-0.2, -0.15) is 0 Å². The Morgan fingerprint density at radius 1 is 1.00 bits per heavy atom. The molecule has 6 heteroatoms. The molecule has 0 aliphatic heterocycles. The molecule has 2 heterocycles. The van der Waals surface area contributed by atoms with Crippen molar-refractivity contribution in [2.24, 2.45) is 0 Å². The number of fused-ring (bicyclic) bond motifs is 1. The Kier molecular flexibility index (Phi) is 7.07. The van der Waals surface area contributed by atoms with Crippen molar-refractivity contribution >= 4 is 19.1 Å². The van der Waals surface area contributed by atoms with E-state index >= 15 is 0 Å². The minimum Gasteiger partial charge on any atom is -0.392 e. The van der Waals surface area contributed by atoms with Crippen LogP contribution in [0.4, 0.5) is 0 Å². The number of hydrogen-bond donors (Lipinski definition) is 1. The van der Waals surface area contributed by atoms with Crippen molar-refractivity contribution in [2.45, 2.75) is 51.9 Å². The largest absolute Gasteiger partial charge is 0.392 e. The minimum absolute atomic E-state index is 0.0350. The van der Waals surface area contributed by atoms with Gasteiger partial charge in [-0.15, -0.1) is 0 Å². The molecular weight excluding hydrogens is 426 g/mol. The van der Waals surface area contributed by atoms with E-state index in [2.05, 4.69) is 66.4 Å². The Balaban J connectivity index is 1.76. The topological polar surface area (TPSA) is 60.2 Å². The summed E-state index contributed by atoms with van der Waals surface area (Å²) in [5.74, 6) is 0.143. The van der Waals surface area contributed by atoms with Gasteiger partial charge in [-0.25, -0.2) is 9.97 Å². The fourth-order valence-electron chi connectivity index (χ4n) is 4.01. The first-order chi connectivity index (χ1) is 15.9. The van der Waals surface area contributed by atoms with E-state index in [1.807, 2.05) is 30.3 Å². The molecule has 0 saturated heterocycles. The van der Waals surface area contributed by atoms with Crippen LogP contribution >= 0.6 is 0 Å². The summed E-state index contributed by atoms with van der Waals surface area (Å²) in [5, 5.41) is 10.5. The molecule has 5 nitrogen and oxygen atoms in total. The van der Waals surface area contributed by atoms with Crippen molar-refractivity contribution in [3.8, 4) is 11.3 Å². The zero-order chi connectivity index (χ0) is 23.4. The number of benzene rings is 2. The summed E-state index contributed by atoms with van der Waals surface area (Å²) in [6, 6.07) is 21.8. The molecule has 0 aliphatic rings. The smallest absolute Gasteiger partial charge is 0.145 e. The molecule has 1 N–H and O–H groups in total. The van der Waals surface area contributed by atoms with Gasteiger partial charge in [0.2, 0.25) is 0 Å². The fourth-order valence-corrected chi connectivity index (χ4v) is 4.77. The Bertz CT molecular complexity index is 1200. The maximum absolute atomic E-state index is 9.44. The van der Waals surface area contributed by atoms with E-state index in [1.54, 1.807) is 6.33 Å². The predicted octanol–water partition coefficient (Wildman–Crippen LogP) is 6.05.